The van der Waals surface area contributed by atoms with E-state index >= 15 is 0 Å². The summed E-state index contributed by atoms with van der Waals surface area (Å²) in [7, 11) is 0. The van der Waals surface area contributed by atoms with Crippen molar-refractivity contribution in [3.63, 3.8) is 0 Å². The molecule has 0 aliphatic carbocycles. The zero-order valence-electron chi connectivity index (χ0n) is 11.5. The largest absolute Gasteiger partial charge is 0.478 e. The second-order valence-electron chi connectivity index (χ2n) is 4.74. The number of hydrogen-bond acceptors (Lipinski definition) is 3. The fourth-order valence-electron chi connectivity index (χ4n) is 2.23. The molecule has 0 spiro atoms. The highest BCUT2D eigenvalue weighted by molar-refractivity contribution is 5.87. The summed E-state index contributed by atoms with van der Waals surface area (Å²) in [4.78, 5) is 10.9. The molecular weight excluding hydrogens is 282 g/mol. The smallest absolute Gasteiger partial charge is 0.335 e. The molecule has 1 heterocycles. The third-order valence-corrected chi connectivity index (χ3v) is 3.37. The topological polar surface area (TPSA) is 92.0 Å². The van der Waals surface area contributed by atoms with Gasteiger partial charge in [-0.3, -0.25) is 0 Å². The number of nitrogens with two attached hydrogens (primary N) is 1. The molecule has 110 valence electrons. The van der Waals surface area contributed by atoms with Gasteiger partial charge >= 0.3 is 5.97 Å². The summed E-state index contributed by atoms with van der Waals surface area (Å²) >= 11 is 0. The molecule has 6 heteroatoms. The molecule has 0 aliphatic rings. The molecular formula is C16H14N3O3+. The van der Waals surface area contributed by atoms with Crippen LogP contribution in [0.3, 0.4) is 0 Å². The number of rotatable bonds is 4. The Morgan fingerprint density at radius 1 is 1.09 bits per heavy atom. The van der Waals surface area contributed by atoms with Gasteiger partial charge in [0.2, 0.25) is 0 Å². The Hall–Kier alpha value is -2.96. The van der Waals surface area contributed by atoms with Gasteiger partial charge in [0.15, 0.2) is 5.69 Å². The summed E-state index contributed by atoms with van der Waals surface area (Å²) in [6.07, 6.45) is 3.53. The van der Waals surface area contributed by atoms with E-state index in [1.165, 1.54) is 12.1 Å². The first kappa shape index (κ1) is 14.0. The van der Waals surface area contributed by atoms with Gasteiger partial charge in [0.25, 0.3) is 0 Å². The summed E-state index contributed by atoms with van der Waals surface area (Å²) in [5, 5.41) is 22.5. The van der Waals surface area contributed by atoms with Crippen LogP contribution in [-0.2, 0) is 0 Å². The normalized spacial score (nSPS) is 10.6. The second-order valence-corrected chi connectivity index (χ2v) is 4.74. The molecule has 0 fully saturated rings. The summed E-state index contributed by atoms with van der Waals surface area (Å²) in [5.41, 5.74) is 4.51. The van der Waals surface area contributed by atoms with E-state index in [4.69, 9.17) is 5.11 Å². The molecule has 0 saturated carbocycles. The van der Waals surface area contributed by atoms with Gasteiger partial charge in [-0.1, -0.05) is 12.1 Å². The van der Waals surface area contributed by atoms with Crippen LogP contribution in [0, 0.1) is 0 Å². The maximum absolute atomic E-state index is 10.9. The van der Waals surface area contributed by atoms with Gasteiger partial charge in [0.1, 0.15) is 0 Å². The summed E-state index contributed by atoms with van der Waals surface area (Å²) in [5.74, 6) is -0.958. The number of carboxylic acid groups (broad SMARTS) is 1. The van der Waals surface area contributed by atoms with Crippen molar-refractivity contribution in [1.82, 2.24) is 9.78 Å². The first-order valence-electron chi connectivity index (χ1n) is 6.64. The molecule has 3 rings (SSSR count). The minimum absolute atomic E-state index is 0.233. The van der Waals surface area contributed by atoms with Crippen molar-refractivity contribution in [2.24, 2.45) is 0 Å². The SMILES string of the molecule is O=C(O)c1ccc(-n2cc(-c3ccccc3[NH2+]O)cn2)cc1. The Morgan fingerprint density at radius 3 is 2.50 bits per heavy atom. The van der Waals surface area contributed by atoms with Gasteiger partial charge in [-0.2, -0.15) is 10.6 Å². The number of hydrogen-bond donors (Lipinski definition) is 3. The maximum atomic E-state index is 10.9. The van der Waals surface area contributed by atoms with Crippen molar-refractivity contribution in [1.29, 1.82) is 0 Å². The number of carbonyl (C=O) groups is 1. The highest BCUT2D eigenvalue weighted by atomic mass is 16.5. The van der Waals surface area contributed by atoms with Gasteiger partial charge < -0.3 is 5.11 Å². The second kappa shape index (κ2) is 5.80. The fraction of sp³-hybridized carbons (Fsp3) is 0. The molecule has 0 saturated heterocycles. The number of aromatic carboxylic acids is 1. The lowest BCUT2D eigenvalue weighted by atomic mass is 10.1. The third-order valence-electron chi connectivity index (χ3n) is 3.37. The molecule has 0 unspecified atom stereocenters. The van der Waals surface area contributed by atoms with Crippen LogP contribution in [-0.4, -0.2) is 26.1 Å². The third kappa shape index (κ3) is 2.60. The van der Waals surface area contributed by atoms with Crippen molar-refractivity contribution in [3.8, 4) is 16.8 Å². The van der Waals surface area contributed by atoms with Crippen molar-refractivity contribution in [2.45, 2.75) is 0 Å². The minimum atomic E-state index is -0.958. The van der Waals surface area contributed by atoms with E-state index in [-0.39, 0.29) is 5.56 Å². The average molecular weight is 296 g/mol. The Bertz CT molecular complexity index is 810. The van der Waals surface area contributed by atoms with Crippen molar-refractivity contribution in [2.75, 3.05) is 0 Å². The summed E-state index contributed by atoms with van der Waals surface area (Å²) < 4.78 is 1.66. The molecule has 0 radical (unpaired) electrons. The van der Waals surface area contributed by atoms with Crippen LogP contribution in [0.1, 0.15) is 10.4 Å². The molecule has 6 nitrogen and oxygen atoms in total. The first-order valence-corrected chi connectivity index (χ1v) is 6.64. The van der Waals surface area contributed by atoms with Crippen LogP contribution in [0.2, 0.25) is 0 Å². The lowest BCUT2D eigenvalue weighted by Crippen LogP contribution is -2.73. The number of carboxylic acids is 1. The number of quaternary nitrogens is 1. The fourth-order valence-corrected chi connectivity index (χ4v) is 2.23. The van der Waals surface area contributed by atoms with Gasteiger partial charge in [-0.25, -0.2) is 14.7 Å². The highest BCUT2D eigenvalue weighted by Crippen LogP contribution is 2.25. The lowest BCUT2D eigenvalue weighted by molar-refractivity contribution is -0.825. The molecule has 0 bridgehead atoms. The molecule has 1 aromatic heterocycles. The molecule has 22 heavy (non-hydrogen) atoms. The van der Waals surface area contributed by atoms with Crippen LogP contribution in [0.4, 0.5) is 5.69 Å². The summed E-state index contributed by atoms with van der Waals surface area (Å²) in [6, 6.07) is 13.9. The van der Waals surface area contributed by atoms with Gasteiger partial charge in [-0.05, 0) is 30.3 Å². The number of aromatic nitrogens is 2. The van der Waals surface area contributed by atoms with E-state index < -0.39 is 5.97 Å². The quantitative estimate of drug-likeness (QED) is 0.506. The first-order chi connectivity index (χ1) is 10.7. The zero-order valence-corrected chi connectivity index (χ0v) is 11.5. The monoisotopic (exact) mass is 296 g/mol. The number of para-hydroxylation sites is 1. The minimum Gasteiger partial charge on any atom is -0.478 e. The van der Waals surface area contributed by atoms with Crippen LogP contribution >= 0.6 is 0 Å². The Labute approximate surface area is 126 Å². The Kier molecular flexibility index (Phi) is 3.69. The van der Waals surface area contributed by atoms with Gasteiger partial charge in [0.05, 0.1) is 17.4 Å². The van der Waals surface area contributed by atoms with E-state index in [9.17, 15) is 10.0 Å². The van der Waals surface area contributed by atoms with Gasteiger partial charge in [-0.15, -0.1) is 0 Å². The average Bonchev–Trinajstić information content (AvgIpc) is 3.04. The molecule has 2 aromatic carbocycles. The van der Waals surface area contributed by atoms with Crippen LogP contribution in [0.5, 0.6) is 0 Å². The standard InChI is InChI=1S/C16H13N3O3/c20-16(21)11-5-7-13(8-6-11)19-10-12(9-17-19)14-3-1-2-4-15(14)18-22/h1-10,18,22H,(H,20,21)/p+1. The van der Waals surface area contributed by atoms with Crippen LogP contribution in [0.25, 0.3) is 16.8 Å². The van der Waals surface area contributed by atoms with Gasteiger partial charge in [0, 0.05) is 23.4 Å². The van der Waals surface area contributed by atoms with E-state index in [0.717, 1.165) is 22.3 Å². The lowest BCUT2D eigenvalue weighted by Gasteiger charge is -2.02. The van der Waals surface area contributed by atoms with Crippen molar-refractivity contribution < 1.29 is 20.6 Å². The van der Waals surface area contributed by atoms with Crippen LogP contribution < -0.4 is 5.48 Å². The van der Waals surface area contributed by atoms with E-state index in [0.29, 0.717) is 5.69 Å². The maximum Gasteiger partial charge on any atom is 0.335 e. The number of nitrogens with zero attached hydrogens (tertiary/aromatic N) is 2. The number of benzene rings is 2. The van der Waals surface area contributed by atoms with E-state index in [1.54, 1.807) is 23.0 Å². The highest BCUT2D eigenvalue weighted by Gasteiger charge is 2.10. The predicted octanol–water partition coefficient (Wildman–Crippen LogP) is 1.82. The molecule has 0 amide bonds. The van der Waals surface area contributed by atoms with E-state index in [2.05, 4.69) is 5.10 Å². The molecule has 3 aromatic rings. The Balaban J connectivity index is 1.95. The molecule has 0 aliphatic heterocycles. The zero-order chi connectivity index (χ0) is 15.5. The van der Waals surface area contributed by atoms with Crippen molar-refractivity contribution >= 4 is 11.7 Å². The molecule has 4 N–H and O–H groups in total. The predicted molar refractivity (Wildman–Crippen MR) is 79.3 cm³/mol. The summed E-state index contributed by atoms with van der Waals surface area (Å²) in [6.45, 7) is 0. The van der Waals surface area contributed by atoms with E-state index in [1.807, 2.05) is 30.5 Å². The Morgan fingerprint density at radius 2 is 1.82 bits per heavy atom. The van der Waals surface area contributed by atoms with Crippen LogP contribution in [0.15, 0.2) is 60.9 Å². The molecule has 0 atom stereocenters. The van der Waals surface area contributed by atoms with Crippen molar-refractivity contribution in [3.05, 3.63) is 66.5 Å².